The molecule has 2 aromatic rings. The van der Waals surface area contributed by atoms with Gasteiger partial charge in [0, 0.05) is 24.7 Å². The van der Waals surface area contributed by atoms with Crippen molar-refractivity contribution in [2.75, 3.05) is 13.2 Å². The van der Waals surface area contributed by atoms with Crippen LogP contribution < -0.4 is 15.6 Å². The highest BCUT2D eigenvalue weighted by Gasteiger charge is 2.25. The summed E-state index contributed by atoms with van der Waals surface area (Å²) < 4.78 is 5.63. The highest BCUT2D eigenvalue weighted by Crippen LogP contribution is 2.26. The van der Waals surface area contributed by atoms with E-state index in [0.717, 1.165) is 11.3 Å². The summed E-state index contributed by atoms with van der Waals surface area (Å²) in [6.07, 6.45) is 1.21. The zero-order valence-electron chi connectivity index (χ0n) is 13.0. The summed E-state index contributed by atoms with van der Waals surface area (Å²) in [6.45, 7) is 2.58. The molecule has 0 bridgehead atoms. The van der Waals surface area contributed by atoms with E-state index >= 15 is 0 Å². The molecule has 0 saturated carbocycles. The molecule has 120 valence electrons. The van der Waals surface area contributed by atoms with Crippen molar-refractivity contribution < 1.29 is 9.53 Å². The van der Waals surface area contributed by atoms with E-state index in [2.05, 4.69) is 15.3 Å². The van der Waals surface area contributed by atoms with E-state index in [-0.39, 0.29) is 17.4 Å². The second-order valence-corrected chi connectivity index (χ2v) is 5.68. The molecule has 3 rings (SSSR count). The maximum atomic E-state index is 12.3. The summed E-state index contributed by atoms with van der Waals surface area (Å²) in [5.74, 6) is 1.23. The summed E-state index contributed by atoms with van der Waals surface area (Å²) >= 11 is 0. The smallest absolute Gasteiger partial charge is 0.251 e. The number of hydrogen-bond donors (Lipinski definition) is 2. The molecule has 1 aromatic carbocycles. The number of carbonyl (C=O) groups excluding carboxylic acids is 1. The van der Waals surface area contributed by atoms with E-state index in [1.54, 1.807) is 6.92 Å². The highest BCUT2D eigenvalue weighted by molar-refractivity contribution is 5.79. The Morgan fingerprint density at radius 1 is 1.43 bits per heavy atom. The summed E-state index contributed by atoms with van der Waals surface area (Å²) in [7, 11) is 0. The molecule has 6 heteroatoms. The first-order valence-electron chi connectivity index (χ1n) is 7.67. The van der Waals surface area contributed by atoms with Crippen molar-refractivity contribution in [3.05, 3.63) is 57.8 Å². The van der Waals surface area contributed by atoms with Crippen LogP contribution in [0.25, 0.3) is 0 Å². The number of carbonyl (C=O) groups is 1. The zero-order valence-corrected chi connectivity index (χ0v) is 13.0. The quantitative estimate of drug-likeness (QED) is 0.881. The number of hydrogen-bond acceptors (Lipinski definition) is 4. The van der Waals surface area contributed by atoms with Crippen LogP contribution in [0.1, 0.15) is 17.1 Å². The first-order valence-corrected chi connectivity index (χ1v) is 7.67. The topological polar surface area (TPSA) is 84.1 Å². The van der Waals surface area contributed by atoms with Crippen LogP contribution in [0.4, 0.5) is 0 Å². The number of rotatable bonds is 4. The fraction of sp³-hybridized carbons (Fsp3) is 0.353. The molecule has 1 aliphatic heterocycles. The molecule has 1 amide bonds. The third-order valence-electron chi connectivity index (χ3n) is 3.84. The molecule has 23 heavy (non-hydrogen) atoms. The lowest BCUT2D eigenvalue weighted by Gasteiger charge is -2.24. The fourth-order valence-corrected chi connectivity index (χ4v) is 2.72. The Kier molecular flexibility index (Phi) is 4.41. The number of benzene rings is 1. The Morgan fingerprint density at radius 2 is 2.26 bits per heavy atom. The number of H-pyrrole nitrogens is 1. The molecule has 6 nitrogen and oxygen atoms in total. The van der Waals surface area contributed by atoms with Gasteiger partial charge in [-0.15, -0.1) is 0 Å². The normalized spacial score (nSPS) is 16.3. The minimum Gasteiger partial charge on any atom is -0.492 e. The maximum Gasteiger partial charge on any atom is 0.251 e. The molecule has 1 aromatic heterocycles. The monoisotopic (exact) mass is 313 g/mol. The molecule has 1 aliphatic rings. The number of amides is 1. The number of aromatic nitrogens is 2. The standard InChI is InChI=1S/C17H19N3O3/c1-11-19-14(9-16(21)20-11)6-7-18-17(22)13-8-12-4-2-3-5-15(12)23-10-13/h2-5,9,13H,6-8,10H2,1H3,(H,18,22)(H,19,20,21)/t13-/m1/s1. The van der Waals surface area contributed by atoms with Gasteiger partial charge in [0.1, 0.15) is 18.2 Å². The van der Waals surface area contributed by atoms with Crippen LogP contribution in [0.2, 0.25) is 0 Å². The first kappa shape index (κ1) is 15.3. The van der Waals surface area contributed by atoms with Crippen LogP contribution in [-0.2, 0) is 17.6 Å². The molecule has 0 unspecified atom stereocenters. The summed E-state index contributed by atoms with van der Waals surface area (Å²) in [5.41, 5.74) is 1.57. The lowest BCUT2D eigenvalue weighted by molar-refractivity contribution is -0.126. The molecule has 0 spiro atoms. The second kappa shape index (κ2) is 6.64. The fourth-order valence-electron chi connectivity index (χ4n) is 2.72. The number of aryl methyl sites for hydroxylation is 1. The van der Waals surface area contributed by atoms with Crippen molar-refractivity contribution in [2.24, 2.45) is 5.92 Å². The largest absolute Gasteiger partial charge is 0.492 e. The van der Waals surface area contributed by atoms with Crippen molar-refractivity contribution in [3.63, 3.8) is 0 Å². The summed E-state index contributed by atoms with van der Waals surface area (Å²) in [6, 6.07) is 9.24. The van der Waals surface area contributed by atoms with Crippen LogP contribution in [-0.4, -0.2) is 29.0 Å². The van der Waals surface area contributed by atoms with Gasteiger partial charge in [-0.3, -0.25) is 9.59 Å². The van der Waals surface area contributed by atoms with Crippen LogP contribution >= 0.6 is 0 Å². The van der Waals surface area contributed by atoms with Gasteiger partial charge in [-0.1, -0.05) is 18.2 Å². The van der Waals surface area contributed by atoms with Crippen LogP contribution in [0.15, 0.2) is 35.1 Å². The van der Waals surface area contributed by atoms with Gasteiger partial charge < -0.3 is 15.0 Å². The van der Waals surface area contributed by atoms with E-state index in [0.29, 0.717) is 37.5 Å². The molecule has 2 N–H and O–H groups in total. The number of aromatic amines is 1. The highest BCUT2D eigenvalue weighted by atomic mass is 16.5. The van der Waals surface area contributed by atoms with Crippen molar-refractivity contribution in [1.29, 1.82) is 0 Å². The number of ether oxygens (including phenoxy) is 1. The van der Waals surface area contributed by atoms with Gasteiger partial charge in [0.2, 0.25) is 5.91 Å². The lowest BCUT2D eigenvalue weighted by atomic mass is 9.96. The van der Waals surface area contributed by atoms with E-state index in [4.69, 9.17) is 4.74 Å². The first-order chi connectivity index (χ1) is 11.1. The van der Waals surface area contributed by atoms with Gasteiger partial charge in [-0.25, -0.2) is 4.98 Å². The molecular formula is C17H19N3O3. The van der Waals surface area contributed by atoms with Crippen molar-refractivity contribution >= 4 is 5.91 Å². The van der Waals surface area contributed by atoms with Crippen LogP contribution in [0.3, 0.4) is 0 Å². The summed E-state index contributed by atoms with van der Waals surface area (Å²) in [5, 5.41) is 2.90. The molecule has 2 heterocycles. The molecule has 0 fully saturated rings. The van der Waals surface area contributed by atoms with Crippen molar-refractivity contribution in [3.8, 4) is 5.75 Å². The molecule has 1 atom stereocenters. The Labute approximate surface area is 133 Å². The van der Waals surface area contributed by atoms with Crippen molar-refractivity contribution in [2.45, 2.75) is 19.8 Å². The predicted octanol–water partition coefficient (Wildman–Crippen LogP) is 0.988. The number of nitrogens with one attached hydrogen (secondary N) is 2. The van der Waals surface area contributed by atoms with Gasteiger partial charge in [0.05, 0.1) is 5.92 Å². The van der Waals surface area contributed by atoms with E-state index in [9.17, 15) is 9.59 Å². The molecular weight excluding hydrogens is 294 g/mol. The SMILES string of the molecule is Cc1nc(CCNC(=O)[C@H]2COc3ccccc3C2)cc(=O)[nH]1. The average molecular weight is 313 g/mol. The Balaban J connectivity index is 1.53. The average Bonchev–Trinajstić information content (AvgIpc) is 2.53. The van der Waals surface area contributed by atoms with Crippen LogP contribution in [0.5, 0.6) is 5.75 Å². The van der Waals surface area contributed by atoms with Gasteiger partial charge in [0.15, 0.2) is 0 Å². The number of fused-ring (bicyclic) bond motifs is 1. The lowest BCUT2D eigenvalue weighted by Crippen LogP contribution is -2.38. The molecule has 0 radical (unpaired) electrons. The van der Waals surface area contributed by atoms with Crippen molar-refractivity contribution in [1.82, 2.24) is 15.3 Å². The molecule has 0 aliphatic carbocycles. The van der Waals surface area contributed by atoms with E-state index in [1.165, 1.54) is 6.07 Å². The van der Waals surface area contributed by atoms with Gasteiger partial charge in [-0.2, -0.15) is 0 Å². The zero-order chi connectivity index (χ0) is 16.2. The Bertz CT molecular complexity index is 770. The Morgan fingerprint density at radius 3 is 3.09 bits per heavy atom. The van der Waals surface area contributed by atoms with E-state index < -0.39 is 0 Å². The van der Waals surface area contributed by atoms with Crippen LogP contribution in [0, 0.1) is 12.8 Å². The molecule has 0 saturated heterocycles. The third kappa shape index (κ3) is 3.77. The van der Waals surface area contributed by atoms with Gasteiger partial charge in [-0.05, 0) is 25.0 Å². The van der Waals surface area contributed by atoms with Gasteiger partial charge in [0.25, 0.3) is 5.56 Å². The van der Waals surface area contributed by atoms with E-state index in [1.807, 2.05) is 24.3 Å². The number of para-hydroxylation sites is 1. The second-order valence-electron chi connectivity index (χ2n) is 5.68. The minimum absolute atomic E-state index is 0.0268. The summed E-state index contributed by atoms with van der Waals surface area (Å²) in [4.78, 5) is 30.5. The van der Waals surface area contributed by atoms with Gasteiger partial charge >= 0.3 is 0 Å². The minimum atomic E-state index is -0.182. The maximum absolute atomic E-state index is 12.3. The predicted molar refractivity (Wildman–Crippen MR) is 85.4 cm³/mol. The Hall–Kier alpha value is -2.63. The third-order valence-corrected chi connectivity index (χ3v) is 3.84. The number of nitrogens with zero attached hydrogens (tertiary/aromatic N) is 1.